The number of carbonyl (C=O) groups excluding carboxylic acids is 1. The molecule has 2 rings (SSSR count). The Morgan fingerprint density at radius 2 is 2.04 bits per heavy atom. The standard InChI is InChI=1S/C19H19NO4/c1-13(2)19(24-14(3)21,18(12-20)9-10-18)8-7-15-5-4-6-16(11-15)17(22)23/h4-6,11,13H,9-10H2,1-3H3,(H,22,23)/t19-/m0/s1. The van der Waals surface area contributed by atoms with Crippen LogP contribution in [-0.4, -0.2) is 22.6 Å². The maximum absolute atomic E-state index is 11.6. The van der Waals surface area contributed by atoms with Crippen LogP contribution < -0.4 is 0 Å². The molecule has 0 amide bonds. The molecule has 1 aliphatic rings. The van der Waals surface area contributed by atoms with Gasteiger partial charge in [-0.3, -0.25) is 4.79 Å². The van der Waals surface area contributed by atoms with Crippen LogP contribution in [0.15, 0.2) is 24.3 Å². The Bertz CT molecular complexity index is 775. The van der Waals surface area contributed by atoms with Gasteiger partial charge in [0.2, 0.25) is 0 Å². The molecule has 0 bridgehead atoms. The molecule has 0 aromatic heterocycles. The number of ether oxygens (including phenoxy) is 1. The molecule has 24 heavy (non-hydrogen) atoms. The summed E-state index contributed by atoms with van der Waals surface area (Å²) >= 11 is 0. The van der Waals surface area contributed by atoms with E-state index in [4.69, 9.17) is 9.84 Å². The maximum atomic E-state index is 11.6. The molecule has 1 fully saturated rings. The molecule has 5 heteroatoms. The first-order chi connectivity index (χ1) is 11.3. The van der Waals surface area contributed by atoms with Crippen molar-refractivity contribution in [3.05, 3.63) is 35.4 Å². The van der Waals surface area contributed by atoms with Crippen molar-refractivity contribution in [2.75, 3.05) is 0 Å². The lowest BCUT2D eigenvalue weighted by molar-refractivity contribution is -0.160. The van der Waals surface area contributed by atoms with Crippen molar-refractivity contribution >= 4 is 11.9 Å². The normalized spacial score (nSPS) is 17.0. The second-order valence-electron chi connectivity index (χ2n) is 6.31. The van der Waals surface area contributed by atoms with Gasteiger partial charge in [0, 0.05) is 18.4 Å². The number of carboxylic acid groups (broad SMARTS) is 1. The summed E-state index contributed by atoms with van der Waals surface area (Å²) in [5, 5.41) is 18.6. The van der Waals surface area contributed by atoms with Crippen molar-refractivity contribution in [2.45, 2.75) is 39.2 Å². The molecule has 0 radical (unpaired) electrons. The van der Waals surface area contributed by atoms with Crippen molar-refractivity contribution in [3.8, 4) is 17.9 Å². The van der Waals surface area contributed by atoms with Gasteiger partial charge in [0.1, 0.15) is 5.41 Å². The van der Waals surface area contributed by atoms with Crippen LogP contribution in [0.3, 0.4) is 0 Å². The molecule has 1 aromatic carbocycles. The first kappa shape index (κ1) is 17.6. The highest BCUT2D eigenvalue weighted by Crippen LogP contribution is 2.57. The summed E-state index contributed by atoms with van der Waals surface area (Å²) in [6, 6.07) is 8.50. The Hall–Kier alpha value is -2.79. The van der Waals surface area contributed by atoms with Gasteiger partial charge in [-0.25, -0.2) is 4.79 Å². The van der Waals surface area contributed by atoms with Gasteiger partial charge in [0.15, 0.2) is 5.60 Å². The molecule has 0 saturated heterocycles. The van der Waals surface area contributed by atoms with E-state index in [0.29, 0.717) is 18.4 Å². The van der Waals surface area contributed by atoms with Crippen molar-refractivity contribution in [1.29, 1.82) is 5.26 Å². The maximum Gasteiger partial charge on any atom is 0.335 e. The van der Waals surface area contributed by atoms with Gasteiger partial charge in [-0.15, -0.1) is 0 Å². The SMILES string of the molecule is CC(=O)O[C@@](C#Cc1cccc(C(=O)O)c1)(C(C)C)C1(C#N)CC1. The Balaban J connectivity index is 2.51. The number of nitrogens with zero attached hydrogens (tertiary/aromatic N) is 1. The summed E-state index contributed by atoms with van der Waals surface area (Å²) in [6.07, 6.45) is 1.25. The molecular formula is C19H19NO4. The molecule has 1 N–H and O–H groups in total. The number of rotatable bonds is 4. The van der Waals surface area contributed by atoms with Gasteiger partial charge in [-0.2, -0.15) is 5.26 Å². The topological polar surface area (TPSA) is 87.4 Å². The minimum Gasteiger partial charge on any atom is -0.478 e. The Kier molecular flexibility index (Phi) is 4.66. The summed E-state index contributed by atoms with van der Waals surface area (Å²) in [5.74, 6) is 4.19. The van der Waals surface area contributed by atoms with Crippen LogP contribution in [0.5, 0.6) is 0 Å². The number of nitriles is 1. The minimum absolute atomic E-state index is 0.130. The number of hydrogen-bond acceptors (Lipinski definition) is 4. The van der Waals surface area contributed by atoms with Gasteiger partial charge in [0.25, 0.3) is 0 Å². The Morgan fingerprint density at radius 1 is 1.38 bits per heavy atom. The van der Waals surface area contributed by atoms with Crippen molar-refractivity contribution in [2.24, 2.45) is 11.3 Å². The molecule has 5 nitrogen and oxygen atoms in total. The smallest absolute Gasteiger partial charge is 0.335 e. The highest BCUT2D eigenvalue weighted by Gasteiger charge is 2.64. The van der Waals surface area contributed by atoms with E-state index < -0.39 is 23.0 Å². The number of aromatic carboxylic acids is 1. The van der Waals surface area contributed by atoms with Gasteiger partial charge < -0.3 is 9.84 Å². The highest BCUT2D eigenvalue weighted by molar-refractivity contribution is 5.88. The van der Waals surface area contributed by atoms with Gasteiger partial charge in [-0.1, -0.05) is 25.8 Å². The van der Waals surface area contributed by atoms with E-state index in [1.807, 2.05) is 13.8 Å². The molecular weight excluding hydrogens is 306 g/mol. The quantitative estimate of drug-likeness (QED) is 0.679. The zero-order valence-corrected chi connectivity index (χ0v) is 13.9. The lowest BCUT2D eigenvalue weighted by atomic mass is 9.76. The lowest BCUT2D eigenvalue weighted by Gasteiger charge is -2.36. The predicted molar refractivity (Wildman–Crippen MR) is 86.9 cm³/mol. The summed E-state index contributed by atoms with van der Waals surface area (Å²) in [7, 11) is 0. The molecule has 0 aliphatic heterocycles. The van der Waals surface area contributed by atoms with Crippen LogP contribution in [0.1, 0.15) is 49.5 Å². The first-order valence-corrected chi connectivity index (χ1v) is 7.74. The highest BCUT2D eigenvalue weighted by atomic mass is 16.6. The first-order valence-electron chi connectivity index (χ1n) is 7.74. The average molecular weight is 325 g/mol. The van der Waals surface area contributed by atoms with Crippen LogP contribution in [0, 0.1) is 34.5 Å². The number of carboxylic acids is 1. The second-order valence-corrected chi connectivity index (χ2v) is 6.31. The van der Waals surface area contributed by atoms with E-state index in [1.54, 1.807) is 12.1 Å². The Morgan fingerprint density at radius 3 is 2.50 bits per heavy atom. The number of benzene rings is 1. The van der Waals surface area contributed by atoms with Crippen LogP contribution in [0.2, 0.25) is 0 Å². The van der Waals surface area contributed by atoms with Crippen LogP contribution >= 0.6 is 0 Å². The summed E-state index contributed by atoms with van der Waals surface area (Å²) in [5.41, 5.74) is -1.37. The fourth-order valence-electron chi connectivity index (χ4n) is 2.87. The number of carbonyl (C=O) groups is 2. The van der Waals surface area contributed by atoms with Gasteiger partial charge in [-0.05, 0) is 37.0 Å². The van der Waals surface area contributed by atoms with Gasteiger partial charge >= 0.3 is 11.9 Å². The van der Waals surface area contributed by atoms with E-state index in [0.717, 1.165) is 0 Å². The van der Waals surface area contributed by atoms with Crippen LogP contribution in [-0.2, 0) is 9.53 Å². The molecule has 1 aliphatic carbocycles. The molecule has 1 saturated carbocycles. The van der Waals surface area contributed by atoms with E-state index in [-0.39, 0.29) is 11.5 Å². The monoisotopic (exact) mass is 325 g/mol. The van der Waals surface area contributed by atoms with E-state index in [9.17, 15) is 14.9 Å². The Labute approximate surface area is 141 Å². The van der Waals surface area contributed by atoms with Crippen LogP contribution in [0.25, 0.3) is 0 Å². The summed E-state index contributed by atoms with van der Waals surface area (Å²) in [6.45, 7) is 5.03. The molecule has 0 spiro atoms. The number of hydrogen-bond donors (Lipinski definition) is 1. The van der Waals surface area contributed by atoms with Crippen LogP contribution in [0.4, 0.5) is 0 Å². The molecule has 1 aromatic rings. The third-order valence-corrected chi connectivity index (χ3v) is 4.29. The molecule has 0 unspecified atom stereocenters. The second kappa shape index (κ2) is 6.37. The van der Waals surface area contributed by atoms with Crippen molar-refractivity contribution in [3.63, 3.8) is 0 Å². The summed E-state index contributed by atoms with van der Waals surface area (Å²) < 4.78 is 5.57. The number of esters is 1. The molecule has 0 heterocycles. The molecule has 1 atom stereocenters. The molecule has 124 valence electrons. The minimum atomic E-state index is -1.20. The average Bonchev–Trinajstić information content (AvgIpc) is 3.32. The van der Waals surface area contributed by atoms with Gasteiger partial charge in [0.05, 0.1) is 11.6 Å². The predicted octanol–water partition coefficient (Wildman–Crippen LogP) is 3.00. The van der Waals surface area contributed by atoms with E-state index >= 15 is 0 Å². The largest absolute Gasteiger partial charge is 0.478 e. The van der Waals surface area contributed by atoms with E-state index in [1.165, 1.54) is 19.1 Å². The lowest BCUT2D eigenvalue weighted by Crippen LogP contribution is -2.47. The zero-order chi connectivity index (χ0) is 18.0. The summed E-state index contributed by atoms with van der Waals surface area (Å²) in [4.78, 5) is 22.7. The van der Waals surface area contributed by atoms with Crippen molar-refractivity contribution < 1.29 is 19.4 Å². The third-order valence-electron chi connectivity index (χ3n) is 4.29. The van der Waals surface area contributed by atoms with E-state index in [2.05, 4.69) is 17.9 Å². The fourth-order valence-corrected chi connectivity index (χ4v) is 2.87. The fraction of sp³-hybridized carbons (Fsp3) is 0.421. The third kappa shape index (κ3) is 3.12. The van der Waals surface area contributed by atoms with Crippen molar-refractivity contribution in [1.82, 2.24) is 0 Å². The zero-order valence-electron chi connectivity index (χ0n) is 13.9.